The summed E-state index contributed by atoms with van der Waals surface area (Å²) >= 11 is 0. The number of methoxy groups -OCH3 is 1. The second-order valence-corrected chi connectivity index (χ2v) is 6.90. The van der Waals surface area contributed by atoms with Crippen molar-refractivity contribution in [1.82, 2.24) is 9.78 Å². The van der Waals surface area contributed by atoms with Crippen LogP contribution >= 0.6 is 0 Å². The first-order chi connectivity index (χ1) is 12.6. The molecule has 0 saturated carbocycles. The van der Waals surface area contributed by atoms with Crippen molar-refractivity contribution in [3.05, 3.63) is 76.6 Å². The third-order valence-corrected chi connectivity index (χ3v) is 5.25. The summed E-state index contributed by atoms with van der Waals surface area (Å²) in [4.78, 5) is 12.9. The molecule has 0 unspecified atom stereocenters. The Morgan fingerprint density at radius 1 is 1.04 bits per heavy atom. The Hall–Kier alpha value is -2.88. The third-order valence-electron chi connectivity index (χ3n) is 5.25. The molecule has 1 heterocycles. The Balaban J connectivity index is 1.78. The zero-order valence-electron chi connectivity index (χ0n) is 15.3. The molecule has 132 valence electrons. The Kier molecular flexibility index (Phi) is 4.11. The minimum Gasteiger partial charge on any atom is -0.497 e. The molecule has 0 saturated heterocycles. The summed E-state index contributed by atoms with van der Waals surface area (Å²) in [7, 11) is 1.65. The molecule has 3 aromatic rings. The van der Waals surface area contributed by atoms with Gasteiger partial charge in [-0.15, -0.1) is 0 Å². The molecule has 1 atom stereocenters. The van der Waals surface area contributed by atoms with E-state index in [2.05, 4.69) is 24.2 Å². The van der Waals surface area contributed by atoms with Crippen molar-refractivity contribution < 1.29 is 9.53 Å². The number of fused-ring (bicyclic) bond motifs is 1. The number of ether oxygens (including phenoxy) is 1. The van der Waals surface area contributed by atoms with Crippen LogP contribution in [0, 0.1) is 13.8 Å². The highest BCUT2D eigenvalue weighted by atomic mass is 16.5. The molecule has 0 radical (unpaired) electrons. The Morgan fingerprint density at radius 3 is 2.46 bits per heavy atom. The smallest absolute Gasteiger partial charge is 0.167 e. The van der Waals surface area contributed by atoms with Gasteiger partial charge in [0, 0.05) is 6.42 Å². The number of hydrogen-bond donors (Lipinski definition) is 0. The van der Waals surface area contributed by atoms with E-state index in [-0.39, 0.29) is 11.7 Å². The number of hydrogen-bond acceptors (Lipinski definition) is 3. The molecule has 4 heteroatoms. The van der Waals surface area contributed by atoms with Gasteiger partial charge >= 0.3 is 0 Å². The summed E-state index contributed by atoms with van der Waals surface area (Å²) in [5.74, 6) is 1.20. The fourth-order valence-electron chi connectivity index (χ4n) is 3.96. The molecule has 0 fully saturated rings. The molecule has 26 heavy (non-hydrogen) atoms. The summed E-state index contributed by atoms with van der Waals surface area (Å²) in [6.07, 6.45) is 1.37. The average Bonchev–Trinajstić information content (AvgIpc) is 2.99. The highest BCUT2D eigenvalue weighted by Gasteiger charge is 2.32. The van der Waals surface area contributed by atoms with Crippen LogP contribution in [0.5, 0.6) is 5.75 Å². The van der Waals surface area contributed by atoms with E-state index in [0.717, 1.165) is 34.8 Å². The van der Waals surface area contributed by atoms with Crippen LogP contribution in [-0.2, 0) is 6.42 Å². The summed E-state index contributed by atoms with van der Waals surface area (Å²) < 4.78 is 7.17. The van der Waals surface area contributed by atoms with Crippen molar-refractivity contribution in [2.75, 3.05) is 7.11 Å². The molecule has 0 aliphatic heterocycles. The van der Waals surface area contributed by atoms with Crippen molar-refractivity contribution in [3.63, 3.8) is 0 Å². The van der Waals surface area contributed by atoms with Gasteiger partial charge in [0.1, 0.15) is 5.75 Å². The predicted octanol–water partition coefficient (Wildman–Crippen LogP) is 4.41. The molecule has 4 nitrogen and oxygen atoms in total. The van der Waals surface area contributed by atoms with Crippen molar-refractivity contribution in [2.45, 2.75) is 32.6 Å². The molecule has 0 N–H and O–H groups in total. The lowest BCUT2D eigenvalue weighted by Crippen LogP contribution is -2.21. The van der Waals surface area contributed by atoms with E-state index in [1.165, 1.54) is 11.1 Å². The lowest BCUT2D eigenvalue weighted by Gasteiger charge is -2.24. The van der Waals surface area contributed by atoms with Gasteiger partial charge in [-0.2, -0.15) is 5.10 Å². The number of benzene rings is 2. The summed E-state index contributed by atoms with van der Waals surface area (Å²) in [6.45, 7) is 4.03. The van der Waals surface area contributed by atoms with Crippen molar-refractivity contribution in [1.29, 1.82) is 0 Å². The largest absolute Gasteiger partial charge is 0.497 e. The van der Waals surface area contributed by atoms with E-state index in [1.54, 1.807) is 7.11 Å². The standard InChI is InChI=1S/C22H22N2O2/c1-14-6-4-5-7-19(14)16-12-20-22(21(25)13-16)15(2)23-24(20)17-8-10-18(26-3)11-9-17/h4-11,16H,12-13H2,1-3H3/t16-/m1/s1. The van der Waals surface area contributed by atoms with Gasteiger partial charge < -0.3 is 4.74 Å². The van der Waals surface area contributed by atoms with Crippen molar-refractivity contribution >= 4 is 5.78 Å². The van der Waals surface area contributed by atoms with Gasteiger partial charge in [-0.05, 0) is 61.6 Å². The molecular formula is C22H22N2O2. The minimum absolute atomic E-state index is 0.191. The number of aryl methyl sites for hydroxylation is 2. The van der Waals surface area contributed by atoms with Crippen LogP contribution in [-0.4, -0.2) is 22.7 Å². The Bertz CT molecular complexity index is 970. The van der Waals surface area contributed by atoms with Gasteiger partial charge in [-0.25, -0.2) is 4.68 Å². The highest BCUT2D eigenvalue weighted by Crippen LogP contribution is 2.36. The Labute approximate surface area is 153 Å². The second kappa shape index (κ2) is 6.45. The van der Waals surface area contributed by atoms with Gasteiger partial charge in [0.15, 0.2) is 5.78 Å². The number of carbonyl (C=O) groups excluding carboxylic acids is 1. The monoisotopic (exact) mass is 346 g/mol. The number of aromatic nitrogens is 2. The van der Waals surface area contributed by atoms with Crippen LogP contribution in [0.4, 0.5) is 0 Å². The van der Waals surface area contributed by atoms with Crippen LogP contribution < -0.4 is 4.74 Å². The number of ketones is 1. The zero-order chi connectivity index (χ0) is 18.3. The number of rotatable bonds is 3. The van der Waals surface area contributed by atoms with Gasteiger partial charge in [-0.1, -0.05) is 24.3 Å². The van der Waals surface area contributed by atoms with Gasteiger partial charge in [0.2, 0.25) is 0 Å². The molecule has 0 spiro atoms. The molecule has 4 rings (SSSR count). The summed E-state index contributed by atoms with van der Waals surface area (Å²) in [6, 6.07) is 16.1. The van der Waals surface area contributed by atoms with E-state index in [4.69, 9.17) is 4.74 Å². The summed E-state index contributed by atoms with van der Waals surface area (Å²) in [5, 5.41) is 4.67. The maximum Gasteiger partial charge on any atom is 0.167 e. The lowest BCUT2D eigenvalue weighted by molar-refractivity contribution is 0.0963. The molecule has 1 aromatic heterocycles. The molecule has 0 amide bonds. The zero-order valence-corrected chi connectivity index (χ0v) is 15.3. The average molecular weight is 346 g/mol. The first-order valence-electron chi connectivity index (χ1n) is 8.90. The van der Waals surface area contributed by atoms with E-state index in [9.17, 15) is 4.79 Å². The molecule has 1 aliphatic carbocycles. The molecule has 1 aliphatic rings. The minimum atomic E-state index is 0.191. The first-order valence-corrected chi connectivity index (χ1v) is 8.90. The first kappa shape index (κ1) is 16.6. The van der Waals surface area contributed by atoms with Gasteiger partial charge in [-0.3, -0.25) is 4.79 Å². The van der Waals surface area contributed by atoms with Crippen LogP contribution in [0.25, 0.3) is 5.69 Å². The molecule has 0 bridgehead atoms. The fraction of sp³-hybridized carbons (Fsp3) is 0.273. The van der Waals surface area contributed by atoms with E-state index in [1.807, 2.05) is 48.0 Å². The topological polar surface area (TPSA) is 44.1 Å². The summed E-state index contributed by atoms with van der Waals surface area (Å²) in [5.41, 5.74) is 6.06. The van der Waals surface area contributed by atoms with Crippen molar-refractivity contribution in [2.24, 2.45) is 0 Å². The SMILES string of the molecule is COc1ccc(-n2nc(C)c3c2C[C@@H](c2ccccc2C)CC3=O)cc1. The molecular weight excluding hydrogens is 324 g/mol. The number of carbonyl (C=O) groups is 1. The van der Waals surface area contributed by atoms with Crippen LogP contribution in [0.3, 0.4) is 0 Å². The van der Waals surface area contributed by atoms with Crippen LogP contribution in [0.1, 0.15) is 45.2 Å². The predicted molar refractivity (Wildman–Crippen MR) is 101 cm³/mol. The Morgan fingerprint density at radius 2 is 1.77 bits per heavy atom. The van der Waals surface area contributed by atoms with Crippen LogP contribution in [0.15, 0.2) is 48.5 Å². The second-order valence-electron chi connectivity index (χ2n) is 6.90. The normalized spacial score (nSPS) is 16.4. The van der Waals surface area contributed by atoms with E-state index < -0.39 is 0 Å². The fourth-order valence-corrected chi connectivity index (χ4v) is 3.96. The third kappa shape index (κ3) is 2.71. The van der Waals surface area contributed by atoms with Gasteiger partial charge in [0.25, 0.3) is 0 Å². The van der Waals surface area contributed by atoms with Gasteiger partial charge in [0.05, 0.1) is 29.7 Å². The highest BCUT2D eigenvalue weighted by molar-refractivity contribution is 6.00. The molecule has 2 aromatic carbocycles. The van der Waals surface area contributed by atoms with Crippen LogP contribution in [0.2, 0.25) is 0 Å². The maximum atomic E-state index is 12.9. The number of Topliss-reactive ketones (excluding diaryl/α,β-unsaturated/α-hetero) is 1. The quantitative estimate of drug-likeness (QED) is 0.705. The lowest BCUT2D eigenvalue weighted by atomic mass is 9.80. The van der Waals surface area contributed by atoms with E-state index >= 15 is 0 Å². The van der Waals surface area contributed by atoms with Crippen molar-refractivity contribution in [3.8, 4) is 11.4 Å². The maximum absolute atomic E-state index is 12.9. The van der Waals surface area contributed by atoms with E-state index in [0.29, 0.717) is 6.42 Å². The number of nitrogens with zero attached hydrogens (tertiary/aromatic N) is 2.